The van der Waals surface area contributed by atoms with Gasteiger partial charge in [-0.2, -0.15) is 0 Å². The fourth-order valence-electron chi connectivity index (χ4n) is 9.96. The number of hydrogen-bond donors (Lipinski definition) is 1. The molecule has 0 aliphatic rings. The lowest BCUT2D eigenvalue weighted by Gasteiger charge is -2.25. The second kappa shape index (κ2) is 63.7. The number of carboxylic acid groups (broad SMARTS) is 1. The Bertz CT molecular complexity index is 1570. The highest BCUT2D eigenvalue weighted by molar-refractivity contribution is 5.71. The van der Waals surface area contributed by atoms with E-state index < -0.39 is 24.3 Å². The highest BCUT2D eigenvalue weighted by Crippen LogP contribution is 2.18. The predicted molar refractivity (Wildman–Crippen MR) is 350 cm³/mol. The monoisotopic (exact) mass is 1150 g/mol. The highest BCUT2D eigenvalue weighted by Gasteiger charge is 2.25. The number of nitrogens with zero attached hydrogens (tertiary/aromatic N) is 1. The van der Waals surface area contributed by atoms with Gasteiger partial charge in [-0.05, 0) is 64.2 Å². The fourth-order valence-corrected chi connectivity index (χ4v) is 9.96. The van der Waals surface area contributed by atoms with Gasteiger partial charge in [-0.15, -0.1) is 0 Å². The first kappa shape index (κ1) is 78.7. The minimum Gasteiger partial charge on any atom is -0.477 e. The molecule has 0 bridgehead atoms. The number of ether oxygens (including phenoxy) is 4. The summed E-state index contributed by atoms with van der Waals surface area (Å²) in [6, 6.07) is 0. The van der Waals surface area contributed by atoms with Crippen LogP contribution in [0.15, 0.2) is 72.9 Å². The summed E-state index contributed by atoms with van der Waals surface area (Å²) in [7, 11) is 5.96. The molecule has 0 aromatic carbocycles. The molecule has 0 heterocycles. The van der Waals surface area contributed by atoms with Crippen molar-refractivity contribution < 1.29 is 42.9 Å². The van der Waals surface area contributed by atoms with Crippen molar-refractivity contribution in [1.29, 1.82) is 0 Å². The number of carboxylic acids is 1. The van der Waals surface area contributed by atoms with Gasteiger partial charge in [0.2, 0.25) is 0 Å². The molecule has 476 valence electrons. The molecule has 9 heteroatoms. The number of hydrogen-bond acceptors (Lipinski definition) is 7. The molecule has 0 aliphatic carbocycles. The van der Waals surface area contributed by atoms with Crippen LogP contribution in [-0.4, -0.2) is 87.4 Å². The van der Waals surface area contributed by atoms with E-state index in [4.69, 9.17) is 18.9 Å². The van der Waals surface area contributed by atoms with Crippen molar-refractivity contribution in [2.24, 2.45) is 0 Å². The molecule has 82 heavy (non-hydrogen) atoms. The lowest BCUT2D eigenvalue weighted by atomic mass is 10.0. The number of quaternary nitrogens is 1. The summed E-state index contributed by atoms with van der Waals surface area (Å²) in [6.45, 7) is 4.75. The maximum absolute atomic E-state index is 12.9. The minimum atomic E-state index is -1.53. The zero-order valence-electron chi connectivity index (χ0n) is 54.4. The molecule has 2 atom stereocenters. The topological polar surface area (TPSA) is 108 Å². The van der Waals surface area contributed by atoms with Crippen molar-refractivity contribution in [2.45, 2.75) is 328 Å². The number of carbonyl (C=O) groups is 3. The average molecular weight is 1150 g/mol. The largest absolute Gasteiger partial charge is 0.477 e. The molecular weight excluding hydrogens is 1020 g/mol. The van der Waals surface area contributed by atoms with Gasteiger partial charge < -0.3 is 28.5 Å². The number of esters is 2. The quantitative estimate of drug-likeness (QED) is 0.0211. The molecule has 0 saturated carbocycles. The van der Waals surface area contributed by atoms with Crippen LogP contribution in [0.3, 0.4) is 0 Å². The van der Waals surface area contributed by atoms with Crippen LogP contribution in [0.4, 0.5) is 0 Å². The molecule has 0 aliphatic heterocycles. The standard InChI is InChI=1S/C73H131NO8/c1-6-8-10-12-14-16-18-20-22-24-26-28-29-30-31-32-33-34-35-36-37-38-39-40-41-42-44-45-47-49-51-53-55-57-59-61-63-70(75)80-67-69(68-81-73(72(77)78)79-66-65-74(3,4)5)82-71(76)64-62-60-58-56-54-52-50-48-46-43-27-25-23-21-19-17-15-13-11-9-7-2/h9,11,15,17,21,23,27,43,48,50,54,56,69,73H,6-8,10,12-14,16,18-20,22,24-26,28-42,44-47,49,51-53,55,57-68H2,1-5H3/p+1/b11-9-,17-15-,23-21-,43-27-,50-48-,56-54-. The van der Waals surface area contributed by atoms with Crippen LogP contribution >= 0.6 is 0 Å². The average Bonchev–Trinajstić information content (AvgIpc) is 3.47. The third kappa shape index (κ3) is 64.3. The highest BCUT2D eigenvalue weighted by atomic mass is 16.7. The van der Waals surface area contributed by atoms with Gasteiger partial charge in [0.25, 0.3) is 6.29 Å². The fraction of sp³-hybridized carbons (Fsp3) is 0.795. The SMILES string of the molecule is CC/C=C\C/C=C\C/C=C\C/C=C\C/C=C\C/C=C\CCCCC(=O)OC(COC(=O)CCCCCCCCCCCCCCCCCCCCCCCCCCCCCCCCCCCCCC)COC(OCC[N+](C)(C)C)C(=O)O. The minimum absolute atomic E-state index is 0.177. The molecule has 0 rings (SSSR count). The molecule has 2 unspecified atom stereocenters. The van der Waals surface area contributed by atoms with Gasteiger partial charge in [0.15, 0.2) is 6.10 Å². The summed E-state index contributed by atoms with van der Waals surface area (Å²) in [4.78, 5) is 37.5. The lowest BCUT2D eigenvalue weighted by Crippen LogP contribution is -2.40. The van der Waals surface area contributed by atoms with Gasteiger partial charge in [-0.25, -0.2) is 4.79 Å². The van der Waals surface area contributed by atoms with Crippen LogP contribution in [0.2, 0.25) is 0 Å². The molecule has 0 spiro atoms. The Morgan fingerprint density at radius 1 is 0.378 bits per heavy atom. The van der Waals surface area contributed by atoms with Gasteiger partial charge in [0.1, 0.15) is 13.2 Å². The van der Waals surface area contributed by atoms with E-state index in [1.165, 1.54) is 212 Å². The summed E-state index contributed by atoms with van der Waals surface area (Å²) >= 11 is 0. The number of allylic oxidation sites excluding steroid dienone is 12. The van der Waals surface area contributed by atoms with Crippen molar-refractivity contribution in [3.8, 4) is 0 Å². The molecule has 0 saturated heterocycles. The summed E-state index contributed by atoms with van der Waals surface area (Å²) < 4.78 is 22.9. The maximum atomic E-state index is 12.9. The second-order valence-corrected chi connectivity index (χ2v) is 24.5. The van der Waals surface area contributed by atoms with Crippen LogP contribution < -0.4 is 0 Å². The Kier molecular flexibility index (Phi) is 61.2. The number of aliphatic carboxylic acids is 1. The number of likely N-dealkylation sites (N-methyl/N-ethyl adjacent to an activating group) is 1. The number of carbonyl (C=O) groups excluding carboxylic acids is 2. The Balaban J connectivity index is 4.06. The van der Waals surface area contributed by atoms with E-state index in [1.54, 1.807) is 0 Å². The molecule has 0 radical (unpaired) electrons. The molecule has 0 amide bonds. The first-order valence-electron chi connectivity index (χ1n) is 34.6. The third-order valence-corrected chi connectivity index (χ3v) is 15.2. The summed E-state index contributed by atoms with van der Waals surface area (Å²) in [5.41, 5.74) is 0. The summed E-state index contributed by atoms with van der Waals surface area (Å²) in [5, 5.41) is 9.73. The molecule has 9 nitrogen and oxygen atoms in total. The third-order valence-electron chi connectivity index (χ3n) is 15.2. The van der Waals surface area contributed by atoms with Crippen LogP contribution in [0.5, 0.6) is 0 Å². The predicted octanol–water partition coefficient (Wildman–Crippen LogP) is 21.3. The van der Waals surface area contributed by atoms with Crippen molar-refractivity contribution in [1.82, 2.24) is 0 Å². The van der Waals surface area contributed by atoms with Crippen molar-refractivity contribution in [2.75, 3.05) is 47.5 Å². The van der Waals surface area contributed by atoms with Crippen LogP contribution in [-0.2, 0) is 33.3 Å². The zero-order valence-corrected chi connectivity index (χ0v) is 54.4. The Labute approximate surface area is 507 Å². The number of unbranched alkanes of at least 4 members (excludes halogenated alkanes) is 37. The van der Waals surface area contributed by atoms with Crippen molar-refractivity contribution in [3.05, 3.63) is 72.9 Å². The van der Waals surface area contributed by atoms with Gasteiger partial charge in [-0.1, -0.05) is 311 Å². The Morgan fingerprint density at radius 2 is 0.695 bits per heavy atom. The van der Waals surface area contributed by atoms with Gasteiger partial charge in [0, 0.05) is 12.8 Å². The molecule has 0 aromatic rings. The molecular formula is C73H132NO8+. The van der Waals surface area contributed by atoms with Crippen LogP contribution in [0, 0.1) is 0 Å². The normalized spacial score (nSPS) is 13.1. The van der Waals surface area contributed by atoms with Crippen molar-refractivity contribution >= 4 is 17.9 Å². The zero-order chi connectivity index (χ0) is 59.8. The van der Waals surface area contributed by atoms with E-state index in [0.717, 1.165) is 70.6 Å². The Morgan fingerprint density at radius 3 is 1.04 bits per heavy atom. The van der Waals surface area contributed by atoms with E-state index in [0.29, 0.717) is 23.9 Å². The second-order valence-electron chi connectivity index (χ2n) is 24.5. The summed E-state index contributed by atoms with van der Waals surface area (Å²) in [6.07, 6.45) is 81.9. The molecule has 0 fully saturated rings. The first-order chi connectivity index (χ1) is 40.1. The van der Waals surface area contributed by atoms with E-state index in [2.05, 4.69) is 86.8 Å². The van der Waals surface area contributed by atoms with E-state index in [9.17, 15) is 19.5 Å². The van der Waals surface area contributed by atoms with Crippen LogP contribution in [0.1, 0.15) is 316 Å². The van der Waals surface area contributed by atoms with Crippen LogP contribution in [0.25, 0.3) is 0 Å². The summed E-state index contributed by atoms with van der Waals surface area (Å²) in [5.74, 6) is -2.06. The van der Waals surface area contributed by atoms with Gasteiger partial charge in [-0.3, -0.25) is 9.59 Å². The molecule has 0 aromatic heterocycles. The van der Waals surface area contributed by atoms with Gasteiger partial charge in [0.05, 0.1) is 34.4 Å². The lowest BCUT2D eigenvalue weighted by molar-refractivity contribution is -0.870. The Hall–Kier alpha value is -3.27. The van der Waals surface area contributed by atoms with E-state index in [-0.39, 0.29) is 32.2 Å². The maximum Gasteiger partial charge on any atom is 0.361 e. The van der Waals surface area contributed by atoms with Crippen molar-refractivity contribution in [3.63, 3.8) is 0 Å². The molecule has 1 N–H and O–H groups in total. The smallest absolute Gasteiger partial charge is 0.361 e. The van der Waals surface area contributed by atoms with E-state index >= 15 is 0 Å². The van der Waals surface area contributed by atoms with Gasteiger partial charge >= 0.3 is 17.9 Å². The number of rotatable bonds is 64. The van der Waals surface area contributed by atoms with E-state index in [1.807, 2.05) is 21.1 Å². The first-order valence-corrected chi connectivity index (χ1v) is 34.6.